The molecule has 5 nitrogen and oxygen atoms in total. The summed E-state index contributed by atoms with van der Waals surface area (Å²) < 4.78 is 5.26. The second kappa shape index (κ2) is 7.27. The van der Waals surface area contributed by atoms with E-state index in [1.54, 1.807) is 36.2 Å². The Labute approximate surface area is 144 Å². The summed E-state index contributed by atoms with van der Waals surface area (Å²) in [5.41, 5.74) is 1.36. The van der Waals surface area contributed by atoms with Gasteiger partial charge in [0, 0.05) is 25.6 Å². The van der Waals surface area contributed by atoms with Crippen LogP contribution in [0.4, 0.5) is 0 Å². The Balaban J connectivity index is 1.63. The van der Waals surface area contributed by atoms with Gasteiger partial charge in [-0.05, 0) is 24.3 Å². The number of nitrogens with zero attached hydrogens (tertiary/aromatic N) is 3. The maximum absolute atomic E-state index is 12.4. The van der Waals surface area contributed by atoms with Gasteiger partial charge in [0.15, 0.2) is 5.82 Å². The van der Waals surface area contributed by atoms with Crippen LogP contribution in [-0.4, -0.2) is 34.5 Å². The first kappa shape index (κ1) is 16.2. The van der Waals surface area contributed by atoms with E-state index >= 15 is 0 Å². The zero-order chi connectivity index (χ0) is 16.9. The van der Waals surface area contributed by atoms with Crippen molar-refractivity contribution in [1.82, 2.24) is 15.0 Å². The predicted octanol–water partition coefficient (Wildman–Crippen LogP) is 3.70. The van der Waals surface area contributed by atoms with E-state index in [0.717, 1.165) is 5.56 Å². The van der Waals surface area contributed by atoms with Gasteiger partial charge in [0.25, 0.3) is 11.8 Å². The summed E-state index contributed by atoms with van der Waals surface area (Å²) in [7, 11) is 1.73. The Morgan fingerprint density at radius 2 is 1.83 bits per heavy atom. The molecule has 3 rings (SSSR count). The molecular weight excluding hydrogens is 326 g/mol. The van der Waals surface area contributed by atoms with Crippen LogP contribution in [0, 0.1) is 0 Å². The van der Waals surface area contributed by atoms with Crippen molar-refractivity contribution >= 4 is 17.5 Å². The molecule has 0 fully saturated rings. The molecule has 0 aliphatic carbocycles. The van der Waals surface area contributed by atoms with Crippen LogP contribution in [0.2, 0.25) is 5.02 Å². The van der Waals surface area contributed by atoms with Crippen LogP contribution < -0.4 is 0 Å². The number of halogens is 1. The molecule has 0 atom stereocenters. The van der Waals surface area contributed by atoms with Gasteiger partial charge >= 0.3 is 0 Å². The third kappa shape index (κ3) is 3.63. The van der Waals surface area contributed by atoms with Crippen molar-refractivity contribution in [2.75, 3.05) is 13.6 Å². The first-order valence-corrected chi connectivity index (χ1v) is 7.91. The van der Waals surface area contributed by atoms with Crippen LogP contribution in [0.1, 0.15) is 16.2 Å². The number of likely N-dealkylation sites (N-methyl/N-ethyl adjacent to an activating group) is 1. The van der Waals surface area contributed by atoms with Crippen LogP contribution in [-0.2, 0) is 6.42 Å². The highest BCUT2D eigenvalue weighted by Gasteiger charge is 2.16. The molecule has 0 saturated heterocycles. The molecule has 1 amide bonds. The quantitative estimate of drug-likeness (QED) is 0.710. The molecule has 24 heavy (non-hydrogen) atoms. The standard InChI is InChI=1S/C18H16ClN3O2/c1-22(18(23)14-9-5-6-10-15(14)19)12-11-16-20-17(24-21-16)13-7-3-2-4-8-13/h2-10H,11-12H2,1H3. The molecule has 0 radical (unpaired) electrons. The largest absolute Gasteiger partial charge is 0.341 e. The fourth-order valence-corrected chi connectivity index (χ4v) is 2.48. The van der Waals surface area contributed by atoms with E-state index in [-0.39, 0.29) is 5.91 Å². The average molecular weight is 342 g/mol. The van der Waals surface area contributed by atoms with E-state index < -0.39 is 0 Å². The Hall–Kier alpha value is -2.66. The second-order valence-electron chi connectivity index (χ2n) is 5.34. The average Bonchev–Trinajstić information content (AvgIpc) is 3.09. The summed E-state index contributed by atoms with van der Waals surface area (Å²) in [6.45, 7) is 0.470. The zero-order valence-corrected chi connectivity index (χ0v) is 13.9. The normalized spacial score (nSPS) is 10.6. The van der Waals surface area contributed by atoms with Gasteiger partial charge in [-0.1, -0.05) is 47.1 Å². The number of carbonyl (C=O) groups is 1. The van der Waals surface area contributed by atoms with Gasteiger partial charge in [0.05, 0.1) is 10.6 Å². The summed E-state index contributed by atoms with van der Waals surface area (Å²) in [6.07, 6.45) is 0.503. The predicted molar refractivity (Wildman–Crippen MR) is 91.9 cm³/mol. The minimum absolute atomic E-state index is 0.132. The van der Waals surface area contributed by atoms with E-state index in [2.05, 4.69) is 10.1 Å². The number of amides is 1. The molecule has 0 saturated carbocycles. The van der Waals surface area contributed by atoms with Gasteiger partial charge in [0.1, 0.15) is 0 Å². The fourth-order valence-electron chi connectivity index (χ4n) is 2.26. The van der Waals surface area contributed by atoms with Gasteiger partial charge in [-0.2, -0.15) is 4.98 Å². The molecule has 0 aliphatic heterocycles. The van der Waals surface area contributed by atoms with Crippen molar-refractivity contribution in [3.8, 4) is 11.5 Å². The minimum atomic E-state index is -0.132. The minimum Gasteiger partial charge on any atom is -0.341 e. The first-order valence-electron chi connectivity index (χ1n) is 7.53. The highest BCUT2D eigenvalue weighted by molar-refractivity contribution is 6.33. The van der Waals surface area contributed by atoms with Gasteiger partial charge in [0.2, 0.25) is 0 Å². The first-order chi connectivity index (χ1) is 11.6. The lowest BCUT2D eigenvalue weighted by molar-refractivity contribution is 0.0796. The van der Waals surface area contributed by atoms with Crippen molar-refractivity contribution < 1.29 is 9.32 Å². The van der Waals surface area contributed by atoms with Crippen molar-refractivity contribution in [3.63, 3.8) is 0 Å². The molecule has 0 aliphatic rings. The number of hydrogen-bond acceptors (Lipinski definition) is 4. The van der Waals surface area contributed by atoms with Crippen LogP contribution in [0.25, 0.3) is 11.5 Å². The Bertz CT molecular complexity index is 833. The number of benzene rings is 2. The Morgan fingerprint density at radius 1 is 1.12 bits per heavy atom. The van der Waals surface area contributed by atoms with Crippen molar-refractivity contribution in [2.24, 2.45) is 0 Å². The Kier molecular flexibility index (Phi) is 4.91. The van der Waals surface area contributed by atoms with Crippen LogP contribution in [0.5, 0.6) is 0 Å². The van der Waals surface area contributed by atoms with Crippen LogP contribution >= 0.6 is 11.6 Å². The van der Waals surface area contributed by atoms with Gasteiger partial charge in [-0.3, -0.25) is 4.79 Å². The van der Waals surface area contributed by atoms with Crippen molar-refractivity contribution in [3.05, 3.63) is 71.0 Å². The lowest BCUT2D eigenvalue weighted by Crippen LogP contribution is -2.29. The van der Waals surface area contributed by atoms with Crippen molar-refractivity contribution in [1.29, 1.82) is 0 Å². The molecule has 1 aromatic heterocycles. The molecule has 0 spiro atoms. The topological polar surface area (TPSA) is 59.2 Å². The molecule has 0 bridgehead atoms. The van der Waals surface area contributed by atoms with Crippen LogP contribution in [0.3, 0.4) is 0 Å². The summed E-state index contributed by atoms with van der Waals surface area (Å²) in [6, 6.07) is 16.6. The SMILES string of the molecule is CN(CCc1noc(-c2ccccc2)n1)C(=O)c1ccccc1Cl. The summed E-state index contributed by atoms with van der Waals surface area (Å²) in [5.74, 6) is 0.908. The molecule has 3 aromatic rings. The highest BCUT2D eigenvalue weighted by Crippen LogP contribution is 2.18. The summed E-state index contributed by atoms with van der Waals surface area (Å²) in [5, 5.41) is 4.41. The zero-order valence-electron chi connectivity index (χ0n) is 13.1. The van der Waals surface area contributed by atoms with Gasteiger partial charge < -0.3 is 9.42 Å². The second-order valence-corrected chi connectivity index (χ2v) is 5.75. The van der Waals surface area contributed by atoms with Crippen molar-refractivity contribution in [2.45, 2.75) is 6.42 Å². The number of rotatable bonds is 5. The highest BCUT2D eigenvalue weighted by atomic mass is 35.5. The molecule has 0 unspecified atom stereocenters. The number of carbonyl (C=O) groups excluding carboxylic acids is 1. The third-order valence-corrected chi connectivity index (χ3v) is 3.94. The summed E-state index contributed by atoms with van der Waals surface area (Å²) >= 11 is 6.06. The van der Waals surface area contributed by atoms with E-state index in [4.69, 9.17) is 16.1 Å². The van der Waals surface area contributed by atoms with Gasteiger partial charge in [-0.15, -0.1) is 0 Å². The van der Waals surface area contributed by atoms with E-state index in [0.29, 0.717) is 35.3 Å². The number of aromatic nitrogens is 2. The van der Waals surface area contributed by atoms with E-state index in [9.17, 15) is 4.79 Å². The molecule has 122 valence electrons. The lowest BCUT2D eigenvalue weighted by Gasteiger charge is -2.16. The maximum Gasteiger partial charge on any atom is 0.257 e. The molecular formula is C18H16ClN3O2. The smallest absolute Gasteiger partial charge is 0.257 e. The van der Waals surface area contributed by atoms with Gasteiger partial charge in [-0.25, -0.2) is 0 Å². The third-order valence-electron chi connectivity index (χ3n) is 3.61. The molecule has 2 aromatic carbocycles. The maximum atomic E-state index is 12.4. The lowest BCUT2D eigenvalue weighted by atomic mass is 10.2. The molecule has 6 heteroatoms. The number of hydrogen-bond donors (Lipinski definition) is 0. The monoisotopic (exact) mass is 341 g/mol. The summed E-state index contributed by atoms with van der Waals surface area (Å²) in [4.78, 5) is 18.3. The van der Waals surface area contributed by atoms with E-state index in [1.807, 2.05) is 30.3 Å². The van der Waals surface area contributed by atoms with Crippen LogP contribution in [0.15, 0.2) is 59.1 Å². The van der Waals surface area contributed by atoms with E-state index in [1.165, 1.54) is 0 Å². The Morgan fingerprint density at radius 3 is 2.58 bits per heavy atom. The fraction of sp³-hybridized carbons (Fsp3) is 0.167. The molecule has 1 heterocycles. The molecule has 0 N–H and O–H groups in total.